The van der Waals surface area contributed by atoms with Crippen molar-refractivity contribution in [2.45, 2.75) is 65.1 Å². The Balaban J connectivity index is 1.44. The Bertz CT molecular complexity index is 1290. The zero-order chi connectivity index (χ0) is 26.4. The standard InChI is InChI=1S/C30H38ClN3O3/c1-22-19-25(9-14-28(22)37-18-17-34-29(35)15-16-32(3)30(34)36)21-33(20-24-7-5-4-6-8-24)23(2)26-10-12-27(31)13-11-26/h9-16,19,23-24H,4-8,17-18,20-21H2,1-3H3/t23-/m0/s1. The Morgan fingerprint density at radius 3 is 2.49 bits per heavy atom. The molecule has 1 atom stereocenters. The first-order chi connectivity index (χ1) is 17.8. The van der Waals surface area contributed by atoms with Crippen LogP contribution in [0.3, 0.4) is 0 Å². The van der Waals surface area contributed by atoms with Gasteiger partial charge in [-0.15, -0.1) is 0 Å². The number of nitrogens with zero attached hydrogens (tertiary/aromatic N) is 3. The molecule has 4 rings (SSSR count). The molecule has 0 aliphatic heterocycles. The van der Waals surface area contributed by atoms with Gasteiger partial charge >= 0.3 is 5.69 Å². The van der Waals surface area contributed by atoms with Crippen LogP contribution in [0.15, 0.2) is 64.3 Å². The largest absolute Gasteiger partial charge is 0.491 e. The molecule has 1 aliphatic carbocycles. The number of hydrogen-bond donors (Lipinski definition) is 0. The van der Waals surface area contributed by atoms with E-state index in [0.29, 0.717) is 0 Å². The van der Waals surface area contributed by atoms with Gasteiger partial charge in [0.1, 0.15) is 12.4 Å². The highest BCUT2D eigenvalue weighted by atomic mass is 35.5. The van der Waals surface area contributed by atoms with Crippen LogP contribution in [0.2, 0.25) is 5.02 Å². The molecule has 0 bridgehead atoms. The minimum absolute atomic E-state index is 0.210. The highest BCUT2D eigenvalue weighted by Gasteiger charge is 2.22. The molecule has 0 spiro atoms. The van der Waals surface area contributed by atoms with Crippen molar-refractivity contribution in [3.63, 3.8) is 0 Å². The van der Waals surface area contributed by atoms with Crippen molar-refractivity contribution in [1.29, 1.82) is 0 Å². The van der Waals surface area contributed by atoms with Gasteiger partial charge in [-0.3, -0.25) is 14.3 Å². The average molecular weight is 524 g/mol. The Hall–Kier alpha value is -2.83. The van der Waals surface area contributed by atoms with Gasteiger partial charge in [-0.2, -0.15) is 0 Å². The van der Waals surface area contributed by atoms with Gasteiger partial charge in [-0.05, 0) is 67.5 Å². The van der Waals surface area contributed by atoms with Crippen LogP contribution in [-0.4, -0.2) is 27.2 Å². The lowest BCUT2D eigenvalue weighted by Crippen LogP contribution is -2.39. The third-order valence-corrected chi connectivity index (χ3v) is 7.81. The summed E-state index contributed by atoms with van der Waals surface area (Å²) < 4.78 is 8.56. The minimum Gasteiger partial charge on any atom is -0.491 e. The molecule has 0 N–H and O–H groups in total. The van der Waals surface area contributed by atoms with E-state index in [9.17, 15) is 9.59 Å². The molecule has 3 aromatic rings. The summed E-state index contributed by atoms with van der Waals surface area (Å²) >= 11 is 6.15. The summed E-state index contributed by atoms with van der Waals surface area (Å²) in [4.78, 5) is 26.9. The fourth-order valence-corrected chi connectivity index (χ4v) is 5.41. The fourth-order valence-electron chi connectivity index (χ4n) is 5.29. The zero-order valence-corrected chi connectivity index (χ0v) is 22.9. The van der Waals surface area contributed by atoms with E-state index in [1.807, 2.05) is 25.1 Å². The Kier molecular flexibility index (Phi) is 9.28. The van der Waals surface area contributed by atoms with Crippen LogP contribution in [-0.2, 0) is 20.1 Å². The summed E-state index contributed by atoms with van der Waals surface area (Å²) in [6.07, 6.45) is 8.13. The first-order valence-electron chi connectivity index (χ1n) is 13.3. The SMILES string of the molecule is Cc1cc(CN(CC2CCCCC2)[C@@H](C)c2ccc(Cl)cc2)ccc1OCCn1c(=O)ccn(C)c1=O. The molecule has 37 heavy (non-hydrogen) atoms. The number of aryl methyl sites for hydroxylation is 2. The summed E-state index contributed by atoms with van der Waals surface area (Å²) in [6.45, 7) is 6.73. The molecular weight excluding hydrogens is 486 g/mol. The normalized spacial score (nSPS) is 15.2. The lowest BCUT2D eigenvalue weighted by Gasteiger charge is -2.34. The second kappa shape index (κ2) is 12.6. The van der Waals surface area contributed by atoms with Gasteiger partial charge in [-0.25, -0.2) is 4.79 Å². The molecule has 0 amide bonds. The molecule has 1 aromatic heterocycles. The topological polar surface area (TPSA) is 56.5 Å². The monoisotopic (exact) mass is 523 g/mol. The fraction of sp³-hybridized carbons (Fsp3) is 0.467. The number of benzene rings is 2. The summed E-state index contributed by atoms with van der Waals surface area (Å²) in [7, 11) is 1.63. The maximum atomic E-state index is 12.2. The third kappa shape index (κ3) is 7.14. The molecule has 1 heterocycles. The van der Waals surface area contributed by atoms with E-state index in [-0.39, 0.29) is 30.4 Å². The molecule has 6 nitrogen and oxygen atoms in total. The predicted octanol–water partition coefficient (Wildman–Crippen LogP) is 5.73. The minimum atomic E-state index is -0.337. The van der Waals surface area contributed by atoms with Crippen molar-refractivity contribution >= 4 is 11.6 Å². The molecule has 2 aromatic carbocycles. The van der Waals surface area contributed by atoms with Crippen LogP contribution in [0.1, 0.15) is 61.8 Å². The first-order valence-corrected chi connectivity index (χ1v) is 13.7. The number of hydrogen-bond acceptors (Lipinski definition) is 4. The number of ether oxygens (including phenoxy) is 1. The smallest absolute Gasteiger partial charge is 0.330 e. The number of halogens is 1. The summed E-state index contributed by atoms with van der Waals surface area (Å²) in [6, 6.07) is 16.2. The van der Waals surface area contributed by atoms with Gasteiger partial charge in [-0.1, -0.05) is 55.1 Å². The van der Waals surface area contributed by atoms with E-state index in [2.05, 4.69) is 36.1 Å². The van der Waals surface area contributed by atoms with Gasteiger partial charge < -0.3 is 9.30 Å². The van der Waals surface area contributed by atoms with E-state index in [1.165, 1.54) is 64.6 Å². The van der Waals surface area contributed by atoms with Crippen LogP contribution in [0.25, 0.3) is 0 Å². The van der Waals surface area contributed by atoms with Crippen LogP contribution < -0.4 is 16.0 Å². The van der Waals surface area contributed by atoms with Gasteiger partial charge in [0.05, 0.1) is 6.54 Å². The predicted molar refractivity (Wildman–Crippen MR) is 149 cm³/mol. The second-order valence-electron chi connectivity index (χ2n) is 10.3. The van der Waals surface area contributed by atoms with Gasteiger partial charge in [0.25, 0.3) is 5.56 Å². The Morgan fingerprint density at radius 2 is 1.78 bits per heavy atom. The second-order valence-corrected chi connectivity index (χ2v) is 10.7. The molecule has 198 valence electrons. The number of aromatic nitrogens is 2. The lowest BCUT2D eigenvalue weighted by molar-refractivity contribution is 0.149. The molecular formula is C30H38ClN3O3. The van der Waals surface area contributed by atoms with E-state index >= 15 is 0 Å². The van der Waals surface area contributed by atoms with E-state index in [1.54, 1.807) is 7.05 Å². The van der Waals surface area contributed by atoms with E-state index < -0.39 is 0 Å². The number of rotatable bonds is 10. The highest BCUT2D eigenvalue weighted by Crippen LogP contribution is 2.30. The van der Waals surface area contributed by atoms with Crippen molar-refractivity contribution in [3.8, 4) is 5.75 Å². The molecule has 0 saturated heterocycles. The Labute approximate surface area is 224 Å². The molecule has 1 aliphatic rings. The summed E-state index contributed by atoms with van der Waals surface area (Å²) in [5, 5.41) is 0.762. The maximum Gasteiger partial charge on any atom is 0.330 e. The molecule has 0 unspecified atom stereocenters. The zero-order valence-electron chi connectivity index (χ0n) is 22.2. The summed E-state index contributed by atoms with van der Waals surface area (Å²) in [5.41, 5.74) is 2.92. The van der Waals surface area contributed by atoms with Crippen LogP contribution >= 0.6 is 11.6 Å². The van der Waals surface area contributed by atoms with E-state index in [0.717, 1.165) is 35.3 Å². The van der Waals surface area contributed by atoms with Crippen molar-refractivity contribution in [3.05, 3.63) is 97.3 Å². The first kappa shape index (κ1) is 27.2. The highest BCUT2D eigenvalue weighted by molar-refractivity contribution is 6.30. The van der Waals surface area contributed by atoms with Crippen molar-refractivity contribution in [2.75, 3.05) is 13.2 Å². The maximum absolute atomic E-state index is 12.2. The third-order valence-electron chi connectivity index (χ3n) is 7.55. The average Bonchev–Trinajstić information content (AvgIpc) is 2.90. The van der Waals surface area contributed by atoms with Crippen molar-refractivity contribution in [2.24, 2.45) is 13.0 Å². The van der Waals surface area contributed by atoms with E-state index in [4.69, 9.17) is 16.3 Å². The molecule has 1 fully saturated rings. The Morgan fingerprint density at radius 1 is 1.05 bits per heavy atom. The van der Waals surface area contributed by atoms with Crippen LogP contribution in [0, 0.1) is 12.8 Å². The van der Waals surface area contributed by atoms with Crippen molar-refractivity contribution in [1.82, 2.24) is 14.0 Å². The van der Waals surface area contributed by atoms with Gasteiger partial charge in [0, 0.05) is 43.5 Å². The lowest BCUT2D eigenvalue weighted by atomic mass is 9.88. The summed E-state index contributed by atoms with van der Waals surface area (Å²) in [5.74, 6) is 1.51. The van der Waals surface area contributed by atoms with Gasteiger partial charge in [0.2, 0.25) is 0 Å². The van der Waals surface area contributed by atoms with Crippen LogP contribution in [0.4, 0.5) is 0 Å². The molecule has 1 saturated carbocycles. The van der Waals surface area contributed by atoms with Gasteiger partial charge in [0.15, 0.2) is 0 Å². The molecule has 7 heteroatoms. The van der Waals surface area contributed by atoms with Crippen molar-refractivity contribution < 1.29 is 4.74 Å². The molecule has 0 radical (unpaired) electrons. The quantitative estimate of drug-likeness (QED) is 0.340. The van der Waals surface area contributed by atoms with Crippen LogP contribution in [0.5, 0.6) is 5.75 Å².